The van der Waals surface area contributed by atoms with E-state index in [1.165, 1.54) is 4.90 Å². The summed E-state index contributed by atoms with van der Waals surface area (Å²) < 4.78 is 1.99. The third kappa shape index (κ3) is 2.77. The van der Waals surface area contributed by atoms with Crippen LogP contribution in [0.4, 0.5) is 0 Å². The molecule has 0 saturated carbocycles. The zero-order valence-electron chi connectivity index (χ0n) is 12.6. The van der Waals surface area contributed by atoms with E-state index in [0.29, 0.717) is 12.2 Å². The number of amides is 1. The van der Waals surface area contributed by atoms with Gasteiger partial charge >= 0.3 is 5.97 Å². The zero-order valence-corrected chi connectivity index (χ0v) is 12.6. The van der Waals surface area contributed by atoms with Crippen LogP contribution in [0.5, 0.6) is 0 Å². The van der Waals surface area contributed by atoms with Gasteiger partial charge in [0.1, 0.15) is 5.69 Å². The topological polar surface area (TPSA) is 62.5 Å². The summed E-state index contributed by atoms with van der Waals surface area (Å²) in [5, 5.41) is 9.81. The van der Waals surface area contributed by atoms with Gasteiger partial charge in [-0.15, -0.1) is 0 Å². The summed E-state index contributed by atoms with van der Waals surface area (Å²) in [4.78, 5) is 24.8. The van der Waals surface area contributed by atoms with Gasteiger partial charge in [0.2, 0.25) is 0 Å². The summed E-state index contributed by atoms with van der Waals surface area (Å²) >= 11 is 0. The molecule has 1 N–H and O–H groups in total. The Labute approximate surface area is 123 Å². The number of carboxylic acid groups (broad SMARTS) is 1. The van der Waals surface area contributed by atoms with Crippen LogP contribution in [0.2, 0.25) is 0 Å². The van der Waals surface area contributed by atoms with Crippen molar-refractivity contribution in [2.24, 2.45) is 0 Å². The molecule has 0 saturated heterocycles. The van der Waals surface area contributed by atoms with Crippen molar-refractivity contribution in [3.05, 3.63) is 35.5 Å². The summed E-state index contributed by atoms with van der Waals surface area (Å²) in [6.45, 7) is 4.84. The Balaban J connectivity index is 2.43. The van der Waals surface area contributed by atoms with Crippen molar-refractivity contribution in [2.75, 3.05) is 13.6 Å². The average molecular weight is 288 g/mol. The van der Waals surface area contributed by atoms with Crippen molar-refractivity contribution in [1.82, 2.24) is 9.47 Å². The van der Waals surface area contributed by atoms with Crippen molar-refractivity contribution in [2.45, 2.75) is 26.8 Å². The molecular weight excluding hydrogens is 268 g/mol. The summed E-state index contributed by atoms with van der Waals surface area (Å²) in [6.07, 6.45) is -0.0480. The van der Waals surface area contributed by atoms with Crippen LogP contribution in [-0.4, -0.2) is 40.0 Å². The second-order valence-electron chi connectivity index (χ2n) is 5.11. The molecule has 112 valence electrons. The number of hydrogen-bond donors (Lipinski definition) is 1. The van der Waals surface area contributed by atoms with Crippen LogP contribution in [0.15, 0.2) is 24.3 Å². The first-order valence-electron chi connectivity index (χ1n) is 7.02. The first kappa shape index (κ1) is 15.1. The first-order valence-corrected chi connectivity index (χ1v) is 7.02. The van der Waals surface area contributed by atoms with Gasteiger partial charge in [0.25, 0.3) is 5.91 Å². The third-order valence-corrected chi connectivity index (χ3v) is 3.75. The highest BCUT2D eigenvalue weighted by Gasteiger charge is 2.22. The largest absolute Gasteiger partial charge is 0.481 e. The molecule has 0 atom stereocenters. The predicted molar refractivity (Wildman–Crippen MR) is 81.6 cm³/mol. The molecule has 0 bridgehead atoms. The van der Waals surface area contributed by atoms with Crippen LogP contribution < -0.4 is 0 Å². The molecule has 0 fully saturated rings. The number of aromatic nitrogens is 1. The van der Waals surface area contributed by atoms with Gasteiger partial charge in [0.15, 0.2) is 0 Å². The van der Waals surface area contributed by atoms with E-state index < -0.39 is 5.97 Å². The molecule has 1 heterocycles. The fraction of sp³-hybridized carbons (Fsp3) is 0.375. The van der Waals surface area contributed by atoms with E-state index >= 15 is 0 Å². The van der Waals surface area contributed by atoms with Gasteiger partial charge in [0, 0.05) is 31.0 Å². The van der Waals surface area contributed by atoms with E-state index in [4.69, 9.17) is 5.11 Å². The second kappa shape index (κ2) is 5.99. The van der Waals surface area contributed by atoms with Crippen molar-refractivity contribution in [3.63, 3.8) is 0 Å². The number of fused-ring (bicyclic) bond motifs is 1. The molecule has 0 aliphatic rings. The number of rotatable bonds is 5. The van der Waals surface area contributed by atoms with Crippen LogP contribution in [-0.2, 0) is 11.3 Å². The quantitative estimate of drug-likeness (QED) is 0.919. The lowest BCUT2D eigenvalue weighted by molar-refractivity contribution is -0.137. The lowest BCUT2D eigenvalue weighted by Crippen LogP contribution is -2.31. The molecule has 0 aliphatic heterocycles. The van der Waals surface area contributed by atoms with Gasteiger partial charge in [-0.25, -0.2) is 0 Å². The van der Waals surface area contributed by atoms with Gasteiger partial charge in [0.05, 0.1) is 6.42 Å². The molecule has 2 aromatic rings. The number of nitrogens with zero attached hydrogens (tertiary/aromatic N) is 2. The van der Waals surface area contributed by atoms with E-state index in [0.717, 1.165) is 16.5 Å². The third-order valence-electron chi connectivity index (χ3n) is 3.75. The van der Waals surface area contributed by atoms with Crippen molar-refractivity contribution >= 4 is 22.8 Å². The number of aryl methyl sites for hydroxylation is 2. The van der Waals surface area contributed by atoms with Gasteiger partial charge < -0.3 is 14.6 Å². The minimum Gasteiger partial charge on any atom is -0.481 e. The number of carbonyl (C=O) groups excluding carboxylic acids is 1. The van der Waals surface area contributed by atoms with E-state index in [1.54, 1.807) is 7.05 Å². The van der Waals surface area contributed by atoms with Gasteiger partial charge in [-0.2, -0.15) is 0 Å². The molecule has 5 nitrogen and oxygen atoms in total. The molecule has 0 aliphatic carbocycles. The fourth-order valence-corrected chi connectivity index (χ4v) is 2.63. The molecule has 0 radical (unpaired) electrons. The van der Waals surface area contributed by atoms with Crippen molar-refractivity contribution in [1.29, 1.82) is 0 Å². The van der Waals surface area contributed by atoms with Crippen molar-refractivity contribution < 1.29 is 14.7 Å². The molecule has 0 unspecified atom stereocenters. The minimum atomic E-state index is -0.901. The molecule has 1 aromatic heterocycles. The zero-order chi connectivity index (χ0) is 15.6. The van der Waals surface area contributed by atoms with Gasteiger partial charge in [-0.1, -0.05) is 18.2 Å². The summed E-state index contributed by atoms with van der Waals surface area (Å²) in [6, 6.07) is 7.92. The summed E-state index contributed by atoms with van der Waals surface area (Å²) in [5.41, 5.74) is 2.62. The molecule has 1 amide bonds. The SMILES string of the molecule is CCn1c(C(=O)N(C)CCC(=O)O)c(C)c2ccccc21. The maximum absolute atomic E-state index is 12.6. The van der Waals surface area contributed by atoms with E-state index in [-0.39, 0.29) is 18.9 Å². The highest BCUT2D eigenvalue weighted by atomic mass is 16.4. The standard InChI is InChI=1S/C16H20N2O3/c1-4-18-13-8-6-5-7-12(13)11(2)15(18)16(21)17(3)10-9-14(19)20/h5-8H,4,9-10H2,1-3H3,(H,19,20). The maximum Gasteiger partial charge on any atom is 0.305 e. The Kier molecular flexibility index (Phi) is 4.31. The summed E-state index contributed by atoms with van der Waals surface area (Å²) in [7, 11) is 1.64. The number of carboxylic acids is 1. The molecule has 5 heteroatoms. The number of aliphatic carboxylic acids is 1. The Morgan fingerprint density at radius 3 is 2.57 bits per heavy atom. The van der Waals surface area contributed by atoms with Gasteiger partial charge in [-0.3, -0.25) is 9.59 Å². The Bertz CT molecular complexity index is 688. The molecule has 0 spiro atoms. The summed E-state index contributed by atoms with van der Waals surface area (Å²) in [5.74, 6) is -1.03. The predicted octanol–water partition coefficient (Wildman–Crippen LogP) is 2.52. The second-order valence-corrected chi connectivity index (χ2v) is 5.11. The molecular formula is C16H20N2O3. The van der Waals surface area contributed by atoms with E-state index in [2.05, 4.69) is 0 Å². The normalized spacial score (nSPS) is 10.8. The Morgan fingerprint density at radius 2 is 1.95 bits per heavy atom. The van der Waals surface area contributed by atoms with E-state index in [1.807, 2.05) is 42.7 Å². The molecule has 1 aromatic carbocycles. The number of benzene rings is 1. The van der Waals surface area contributed by atoms with Gasteiger partial charge in [-0.05, 0) is 25.5 Å². The highest BCUT2D eigenvalue weighted by molar-refractivity contribution is 6.01. The molecule has 2 rings (SSSR count). The van der Waals surface area contributed by atoms with Crippen LogP contribution in [0, 0.1) is 6.92 Å². The fourth-order valence-electron chi connectivity index (χ4n) is 2.63. The lowest BCUT2D eigenvalue weighted by atomic mass is 10.1. The Hall–Kier alpha value is -2.30. The van der Waals surface area contributed by atoms with Crippen molar-refractivity contribution in [3.8, 4) is 0 Å². The molecule has 21 heavy (non-hydrogen) atoms. The number of hydrogen-bond acceptors (Lipinski definition) is 2. The minimum absolute atomic E-state index is 0.0480. The number of para-hydroxylation sites is 1. The van der Waals surface area contributed by atoms with E-state index in [9.17, 15) is 9.59 Å². The number of carbonyl (C=O) groups is 2. The smallest absolute Gasteiger partial charge is 0.305 e. The average Bonchev–Trinajstić information content (AvgIpc) is 2.76. The first-order chi connectivity index (χ1) is 9.97. The lowest BCUT2D eigenvalue weighted by Gasteiger charge is -2.18. The van der Waals surface area contributed by atoms with Crippen LogP contribution in [0.25, 0.3) is 10.9 Å². The monoisotopic (exact) mass is 288 g/mol. The Morgan fingerprint density at radius 1 is 1.29 bits per heavy atom. The highest BCUT2D eigenvalue weighted by Crippen LogP contribution is 2.26. The van der Waals surface area contributed by atoms with Crippen LogP contribution >= 0.6 is 0 Å². The van der Waals surface area contributed by atoms with Crippen LogP contribution in [0.3, 0.4) is 0 Å². The van der Waals surface area contributed by atoms with Crippen LogP contribution in [0.1, 0.15) is 29.4 Å². The maximum atomic E-state index is 12.6.